The number of carbonyl (C=O) groups excluding carboxylic acids is 2. The van der Waals surface area contributed by atoms with Gasteiger partial charge in [0.25, 0.3) is 0 Å². The Kier molecular flexibility index (Phi) is 8.95. The highest BCUT2D eigenvalue weighted by atomic mass is 35.5. The molecule has 7 nitrogen and oxygen atoms in total. The van der Waals surface area contributed by atoms with Crippen molar-refractivity contribution in [2.75, 3.05) is 6.61 Å². The lowest BCUT2D eigenvalue weighted by atomic mass is 10.2. The average Bonchev–Trinajstić information content (AvgIpc) is 3.26. The number of benzene rings is 2. The first-order chi connectivity index (χ1) is 15.5. The van der Waals surface area contributed by atoms with E-state index in [1.807, 2.05) is 30.3 Å². The molecule has 0 radical (unpaired) electrons. The van der Waals surface area contributed by atoms with Gasteiger partial charge in [0.1, 0.15) is 5.75 Å². The summed E-state index contributed by atoms with van der Waals surface area (Å²) < 4.78 is 11.2. The molecule has 1 heterocycles. The fourth-order valence-corrected chi connectivity index (χ4v) is 3.30. The van der Waals surface area contributed by atoms with Gasteiger partial charge < -0.3 is 9.15 Å². The molecule has 2 N–H and O–H groups in total. The Morgan fingerprint density at radius 1 is 0.969 bits per heavy atom. The number of carbonyl (C=O) groups is 2. The molecule has 168 valence electrons. The van der Waals surface area contributed by atoms with E-state index in [1.165, 1.54) is 0 Å². The van der Waals surface area contributed by atoms with Crippen molar-refractivity contribution in [1.29, 1.82) is 0 Å². The Morgan fingerprint density at radius 3 is 2.41 bits per heavy atom. The zero-order chi connectivity index (χ0) is 22.8. The Balaban J connectivity index is 1.27. The molecule has 32 heavy (non-hydrogen) atoms. The summed E-state index contributed by atoms with van der Waals surface area (Å²) in [7, 11) is 0. The number of rotatable bonds is 10. The van der Waals surface area contributed by atoms with Crippen LogP contribution in [0.2, 0.25) is 10.0 Å². The Labute approximate surface area is 196 Å². The summed E-state index contributed by atoms with van der Waals surface area (Å²) in [4.78, 5) is 28.0. The molecule has 0 spiro atoms. The number of halogens is 2. The summed E-state index contributed by atoms with van der Waals surface area (Å²) in [5.74, 6) is 1.19. The van der Waals surface area contributed by atoms with Crippen molar-refractivity contribution in [2.24, 2.45) is 0 Å². The minimum Gasteiger partial charge on any atom is -0.492 e. The van der Waals surface area contributed by atoms with Crippen LogP contribution in [0.5, 0.6) is 5.75 Å². The summed E-state index contributed by atoms with van der Waals surface area (Å²) in [6.07, 6.45) is 3.65. The van der Waals surface area contributed by atoms with E-state index in [0.717, 1.165) is 5.56 Å². The number of hydrogen-bond acceptors (Lipinski definition) is 5. The lowest BCUT2D eigenvalue weighted by Gasteiger charge is -2.09. The third-order valence-corrected chi connectivity index (χ3v) is 4.98. The molecule has 3 aromatic rings. The third-order valence-electron chi connectivity index (χ3n) is 4.45. The number of oxazole rings is 1. The van der Waals surface area contributed by atoms with Crippen LogP contribution in [0.1, 0.15) is 31.6 Å². The van der Waals surface area contributed by atoms with E-state index in [9.17, 15) is 9.59 Å². The number of hydrogen-bond donors (Lipinski definition) is 2. The quantitative estimate of drug-likeness (QED) is 0.318. The van der Waals surface area contributed by atoms with E-state index >= 15 is 0 Å². The van der Waals surface area contributed by atoms with Gasteiger partial charge in [-0.3, -0.25) is 20.4 Å². The first-order valence-corrected chi connectivity index (χ1v) is 10.9. The molecular formula is C23H23Cl2N3O4. The predicted molar refractivity (Wildman–Crippen MR) is 122 cm³/mol. The first kappa shape index (κ1) is 23.6. The molecule has 0 bridgehead atoms. The minimum absolute atomic E-state index is 0.198. The second-order valence-corrected chi connectivity index (χ2v) is 7.80. The molecular weight excluding hydrogens is 453 g/mol. The van der Waals surface area contributed by atoms with E-state index in [1.54, 1.807) is 24.4 Å². The van der Waals surface area contributed by atoms with Crippen molar-refractivity contribution in [3.8, 4) is 17.1 Å². The fraction of sp³-hybridized carbons (Fsp3) is 0.261. The number of hydrazine groups is 1. The molecule has 1 aromatic heterocycles. The van der Waals surface area contributed by atoms with E-state index < -0.39 is 0 Å². The van der Waals surface area contributed by atoms with Crippen LogP contribution in [0, 0.1) is 0 Å². The van der Waals surface area contributed by atoms with Crippen LogP contribution in [0.4, 0.5) is 0 Å². The molecule has 0 saturated heterocycles. The van der Waals surface area contributed by atoms with Crippen molar-refractivity contribution >= 4 is 35.0 Å². The molecule has 0 aliphatic rings. The van der Waals surface area contributed by atoms with Crippen LogP contribution >= 0.6 is 23.2 Å². The molecule has 0 fully saturated rings. The van der Waals surface area contributed by atoms with Gasteiger partial charge in [-0.15, -0.1) is 0 Å². The van der Waals surface area contributed by atoms with Crippen LogP contribution in [0.15, 0.2) is 59.1 Å². The van der Waals surface area contributed by atoms with Gasteiger partial charge in [0, 0.05) is 29.8 Å². The molecule has 2 aromatic carbocycles. The molecule has 3 rings (SSSR count). The highest BCUT2D eigenvalue weighted by Gasteiger charge is 2.09. The second-order valence-electron chi connectivity index (χ2n) is 6.96. The van der Waals surface area contributed by atoms with Gasteiger partial charge in [0.05, 0.1) is 17.8 Å². The fourth-order valence-electron chi connectivity index (χ4n) is 2.83. The van der Waals surface area contributed by atoms with Crippen molar-refractivity contribution in [3.05, 3.63) is 70.7 Å². The van der Waals surface area contributed by atoms with Gasteiger partial charge in [0.15, 0.2) is 11.7 Å². The molecule has 0 atom stereocenters. The molecule has 0 unspecified atom stereocenters. The maximum Gasteiger partial charge on any atom is 0.238 e. The van der Waals surface area contributed by atoms with E-state index in [4.69, 9.17) is 32.4 Å². The Bertz CT molecular complexity index is 1040. The molecule has 0 saturated carbocycles. The number of amides is 2. The van der Waals surface area contributed by atoms with Gasteiger partial charge >= 0.3 is 0 Å². The largest absolute Gasteiger partial charge is 0.492 e. The van der Waals surface area contributed by atoms with Crippen LogP contribution in [-0.4, -0.2) is 23.4 Å². The molecule has 2 amide bonds. The van der Waals surface area contributed by atoms with Gasteiger partial charge in [-0.05, 0) is 31.0 Å². The van der Waals surface area contributed by atoms with Crippen molar-refractivity contribution in [1.82, 2.24) is 15.8 Å². The lowest BCUT2D eigenvalue weighted by Crippen LogP contribution is -2.41. The zero-order valence-corrected chi connectivity index (χ0v) is 18.8. The Hall–Kier alpha value is -3.03. The highest BCUT2D eigenvalue weighted by molar-refractivity contribution is 6.35. The van der Waals surface area contributed by atoms with Crippen LogP contribution < -0.4 is 15.6 Å². The van der Waals surface area contributed by atoms with Gasteiger partial charge in [-0.1, -0.05) is 53.5 Å². The zero-order valence-electron chi connectivity index (χ0n) is 17.3. The van der Waals surface area contributed by atoms with Gasteiger partial charge in [-0.25, -0.2) is 4.98 Å². The monoisotopic (exact) mass is 475 g/mol. The lowest BCUT2D eigenvalue weighted by molar-refractivity contribution is -0.129. The first-order valence-electron chi connectivity index (χ1n) is 10.2. The maximum absolute atomic E-state index is 11.9. The van der Waals surface area contributed by atoms with Crippen LogP contribution in [0.25, 0.3) is 11.3 Å². The van der Waals surface area contributed by atoms with Gasteiger partial charge in [0.2, 0.25) is 11.8 Å². The van der Waals surface area contributed by atoms with E-state index in [-0.39, 0.29) is 24.7 Å². The van der Waals surface area contributed by atoms with Crippen LogP contribution in [-0.2, 0) is 16.0 Å². The third kappa shape index (κ3) is 7.59. The average molecular weight is 476 g/mol. The number of aromatic nitrogens is 1. The summed E-state index contributed by atoms with van der Waals surface area (Å²) in [6.45, 7) is 0.309. The smallest absolute Gasteiger partial charge is 0.238 e. The standard InChI is InChI=1S/C23H23Cl2N3O4/c24-17-11-12-19(18(25)14-17)31-13-5-9-22(30)28-27-21(29)8-4-10-23-26-15-20(32-23)16-6-2-1-3-7-16/h1-3,6-7,11-12,14-15H,4-5,8-10,13H2,(H,27,29)(H,28,30). The maximum atomic E-state index is 11.9. The summed E-state index contributed by atoms with van der Waals surface area (Å²) in [5.41, 5.74) is 5.76. The van der Waals surface area contributed by atoms with Crippen LogP contribution in [0.3, 0.4) is 0 Å². The number of nitrogens with one attached hydrogen (secondary N) is 2. The van der Waals surface area contributed by atoms with Crippen molar-refractivity contribution < 1.29 is 18.7 Å². The summed E-state index contributed by atoms with van der Waals surface area (Å²) in [5, 5.41) is 0.935. The number of aryl methyl sites for hydroxylation is 1. The van der Waals surface area contributed by atoms with Crippen molar-refractivity contribution in [3.63, 3.8) is 0 Å². The minimum atomic E-state index is -0.302. The highest BCUT2D eigenvalue weighted by Crippen LogP contribution is 2.27. The molecule has 0 aliphatic carbocycles. The molecule has 0 aliphatic heterocycles. The molecule has 9 heteroatoms. The van der Waals surface area contributed by atoms with Gasteiger partial charge in [-0.2, -0.15) is 0 Å². The van der Waals surface area contributed by atoms with E-state index in [0.29, 0.717) is 53.3 Å². The summed E-state index contributed by atoms with van der Waals surface area (Å²) >= 11 is 11.9. The summed E-state index contributed by atoms with van der Waals surface area (Å²) in [6, 6.07) is 14.6. The SMILES string of the molecule is O=C(CCCOc1ccc(Cl)cc1Cl)NNC(=O)CCCc1ncc(-c2ccccc2)o1. The number of nitrogens with zero attached hydrogens (tertiary/aromatic N) is 1. The number of ether oxygens (including phenoxy) is 1. The van der Waals surface area contributed by atoms with E-state index in [2.05, 4.69) is 15.8 Å². The normalized spacial score (nSPS) is 10.6. The van der Waals surface area contributed by atoms with Crippen molar-refractivity contribution in [2.45, 2.75) is 32.1 Å². The second kappa shape index (κ2) is 12.1. The topological polar surface area (TPSA) is 93.5 Å². The Morgan fingerprint density at radius 2 is 1.69 bits per heavy atom. The predicted octanol–water partition coefficient (Wildman–Crippen LogP) is 4.98.